The summed E-state index contributed by atoms with van der Waals surface area (Å²) in [5, 5.41) is 0. The lowest BCUT2D eigenvalue weighted by atomic mass is 9.69. The van der Waals surface area contributed by atoms with Gasteiger partial charge in [0.15, 0.2) is 23.1 Å². The second-order valence-electron chi connectivity index (χ2n) is 10.9. The third-order valence-electron chi connectivity index (χ3n) is 8.67. The predicted octanol–water partition coefficient (Wildman–Crippen LogP) is 6.64. The SMILES string of the molecule is COc1ccc(C2CC(=O)C3=C(C2)OC2=C(C(=O)CC(c4ccc(OC)cc4)C2)C3c2ccc(OC)c(OC)c2)cc1. The number of ether oxygens (including phenoxy) is 5. The van der Waals surface area contributed by atoms with E-state index in [1.165, 1.54) is 0 Å². The van der Waals surface area contributed by atoms with Crippen LogP contribution in [0.2, 0.25) is 0 Å². The van der Waals surface area contributed by atoms with E-state index in [1.54, 1.807) is 28.4 Å². The van der Waals surface area contributed by atoms with Crippen molar-refractivity contribution in [2.45, 2.75) is 43.4 Å². The monoisotopic (exact) mass is 566 g/mol. The van der Waals surface area contributed by atoms with Gasteiger partial charge < -0.3 is 23.7 Å². The van der Waals surface area contributed by atoms with Crippen LogP contribution in [0.4, 0.5) is 0 Å². The molecular weight excluding hydrogens is 532 g/mol. The summed E-state index contributed by atoms with van der Waals surface area (Å²) >= 11 is 0. The number of benzene rings is 3. The van der Waals surface area contributed by atoms with Gasteiger partial charge in [-0.15, -0.1) is 0 Å². The van der Waals surface area contributed by atoms with Crippen LogP contribution >= 0.6 is 0 Å². The molecule has 3 aromatic rings. The second kappa shape index (κ2) is 11.4. The lowest BCUT2D eigenvalue weighted by Crippen LogP contribution is -2.33. The zero-order valence-corrected chi connectivity index (χ0v) is 24.3. The Hall–Kier alpha value is -4.52. The molecule has 0 N–H and O–H groups in total. The van der Waals surface area contributed by atoms with Crippen molar-refractivity contribution in [1.29, 1.82) is 0 Å². The molecule has 6 rings (SSSR count). The van der Waals surface area contributed by atoms with Crippen molar-refractivity contribution in [3.63, 3.8) is 0 Å². The summed E-state index contributed by atoms with van der Waals surface area (Å²) in [7, 11) is 6.44. The first-order chi connectivity index (χ1) is 20.4. The molecule has 216 valence electrons. The molecule has 1 aliphatic heterocycles. The standard InChI is InChI=1S/C35H34O7/c1-38-25-10-5-20(6-11-25)23-15-27(36)34-31(18-23)42-32-19-24(21-7-12-26(39-2)13-8-21)16-28(37)35(32)33(34)22-9-14-29(40-3)30(17-22)41-4/h5-14,17,23-24,33H,15-16,18-19H2,1-4H3. The predicted molar refractivity (Wildman–Crippen MR) is 157 cm³/mol. The topological polar surface area (TPSA) is 80.3 Å². The molecular formula is C35H34O7. The maximum Gasteiger partial charge on any atom is 0.163 e. The van der Waals surface area contributed by atoms with Crippen molar-refractivity contribution in [2.75, 3.05) is 28.4 Å². The molecule has 0 saturated heterocycles. The van der Waals surface area contributed by atoms with Gasteiger partial charge in [0.2, 0.25) is 0 Å². The van der Waals surface area contributed by atoms with E-state index < -0.39 is 5.92 Å². The van der Waals surface area contributed by atoms with Crippen LogP contribution in [0.1, 0.15) is 60.1 Å². The lowest BCUT2D eigenvalue weighted by Gasteiger charge is -2.39. The van der Waals surface area contributed by atoms with Crippen LogP contribution in [0.5, 0.6) is 23.0 Å². The minimum atomic E-state index is -0.530. The van der Waals surface area contributed by atoms with Gasteiger partial charge in [-0.25, -0.2) is 0 Å². The summed E-state index contributed by atoms with van der Waals surface area (Å²) in [4.78, 5) is 27.9. The van der Waals surface area contributed by atoms with Crippen molar-refractivity contribution < 1.29 is 33.3 Å². The normalized spacial score (nSPS) is 21.8. The average Bonchev–Trinajstić information content (AvgIpc) is 3.03. The number of carbonyl (C=O) groups is 2. The first kappa shape index (κ1) is 27.6. The molecule has 0 fully saturated rings. The molecule has 7 heteroatoms. The van der Waals surface area contributed by atoms with Gasteiger partial charge in [0, 0.05) is 42.7 Å². The number of methoxy groups -OCH3 is 4. The summed E-state index contributed by atoms with van der Waals surface area (Å²) in [6.45, 7) is 0. The molecule has 3 aromatic carbocycles. The molecule has 2 aliphatic carbocycles. The highest BCUT2D eigenvalue weighted by molar-refractivity contribution is 6.06. The Balaban J connectivity index is 1.42. The number of hydrogen-bond donors (Lipinski definition) is 0. The van der Waals surface area contributed by atoms with Gasteiger partial charge in [0.25, 0.3) is 0 Å². The van der Waals surface area contributed by atoms with Crippen LogP contribution < -0.4 is 18.9 Å². The number of carbonyl (C=O) groups excluding carboxylic acids is 2. The average molecular weight is 567 g/mol. The Labute approximate surface area is 245 Å². The highest BCUT2D eigenvalue weighted by Crippen LogP contribution is 2.52. The molecule has 0 bridgehead atoms. The van der Waals surface area contributed by atoms with Crippen molar-refractivity contribution in [1.82, 2.24) is 0 Å². The van der Waals surface area contributed by atoms with Gasteiger partial charge >= 0.3 is 0 Å². The van der Waals surface area contributed by atoms with E-state index in [0.717, 1.165) is 28.2 Å². The number of allylic oxidation sites excluding steroid dienone is 4. The Morgan fingerprint density at radius 3 is 1.43 bits per heavy atom. The number of rotatable bonds is 7. The van der Waals surface area contributed by atoms with Gasteiger partial charge in [0.05, 0.1) is 28.4 Å². The van der Waals surface area contributed by atoms with Crippen molar-refractivity contribution in [3.8, 4) is 23.0 Å². The molecule has 7 nitrogen and oxygen atoms in total. The molecule has 0 amide bonds. The molecule has 1 heterocycles. The lowest BCUT2D eigenvalue weighted by molar-refractivity contribution is -0.118. The van der Waals surface area contributed by atoms with Crippen LogP contribution in [-0.2, 0) is 14.3 Å². The number of Topliss-reactive ketones (excluding diaryl/α,β-unsaturated/α-hetero) is 2. The molecule has 0 spiro atoms. The molecule has 0 saturated carbocycles. The van der Waals surface area contributed by atoms with E-state index in [9.17, 15) is 9.59 Å². The third kappa shape index (κ3) is 4.93. The fourth-order valence-electron chi connectivity index (χ4n) is 6.51. The zero-order valence-electron chi connectivity index (χ0n) is 24.3. The molecule has 0 aromatic heterocycles. The van der Waals surface area contributed by atoms with Gasteiger partial charge in [-0.1, -0.05) is 30.3 Å². The molecule has 2 atom stereocenters. The van der Waals surface area contributed by atoms with Gasteiger partial charge in [0.1, 0.15) is 23.0 Å². The second-order valence-corrected chi connectivity index (χ2v) is 10.9. The summed E-state index contributed by atoms with van der Waals surface area (Å²) in [5.74, 6) is 3.35. The zero-order chi connectivity index (χ0) is 29.4. The van der Waals surface area contributed by atoms with E-state index in [-0.39, 0.29) is 23.4 Å². The van der Waals surface area contributed by atoms with E-state index in [1.807, 2.05) is 66.7 Å². The fourth-order valence-corrected chi connectivity index (χ4v) is 6.51. The van der Waals surface area contributed by atoms with E-state index in [4.69, 9.17) is 23.7 Å². The van der Waals surface area contributed by atoms with Crippen molar-refractivity contribution in [2.24, 2.45) is 0 Å². The molecule has 3 aliphatic rings. The summed E-state index contributed by atoms with van der Waals surface area (Å²) < 4.78 is 28.3. The van der Waals surface area contributed by atoms with Gasteiger partial charge in [-0.2, -0.15) is 0 Å². The minimum Gasteiger partial charge on any atom is -0.497 e. The van der Waals surface area contributed by atoms with Gasteiger partial charge in [-0.05, 0) is 64.9 Å². The largest absolute Gasteiger partial charge is 0.497 e. The Morgan fingerprint density at radius 2 is 1.00 bits per heavy atom. The fraction of sp³-hybridized carbons (Fsp3) is 0.314. The third-order valence-corrected chi connectivity index (χ3v) is 8.67. The van der Waals surface area contributed by atoms with Crippen LogP contribution in [0.3, 0.4) is 0 Å². The van der Waals surface area contributed by atoms with Crippen LogP contribution in [0, 0.1) is 0 Å². The van der Waals surface area contributed by atoms with Crippen molar-refractivity contribution >= 4 is 11.6 Å². The van der Waals surface area contributed by atoms with Crippen LogP contribution in [0.15, 0.2) is 89.4 Å². The number of hydrogen-bond acceptors (Lipinski definition) is 7. The maximum atomic E-state index is 14.0. The summed E-state index contributed by atoms with van der Waals surface area (Å²) in [6.07, 6.45) is 1.80. The van der Waals surface area contributed by atoms with E-state index in [0.29, 0.717) is 59.8 Å². The summed E-state index contributed by atoms with van der Waals surface area (Å²) in [5.41, 5.74) is 4.06. The summed E-state index contributed by atoms with van der Waals surface area (Å²) in [6, 6.07) is 21.3. The highest BCUT2D eigenvalue weighted by atomic mass is 16.5. The molecule has 0 radical (unpaired) electrons. The first-order valence-electron chi connectivity index (χ1n) is 14.1. The first-order valence-corrected chi connectivity index (χ1v) is 14.1. The van der Waals surface area contributed by atoms with E-state index >= 15 is 0 Å². The quantitative estimate of drug-likeness (QED) is 0.317. The Bertz CT molecular complexity index is 1490. The Morgan fingerprint density at radius 1 is 0.548 bits per heavy atom. The molecule has 42 heavy (non-hydrogen) atoms. The molecule has 2 unspecified atom stereocenters. The Kier molecular flexibility index (Phi) is 7.50. The number of ketones is 2. The maximum absolute atomic E-state index is 14.0. The highest BCUT2D eigenvalue weighted by Gasteiger charge is 2.45. The minimum absolute atomic E-state index is 0.00604. The van der Waals surface area contributed by atoms with E-state index in [2.05, 4.69) is 0 Å². The van der Waals surface area contributed by atoms with Crippen molar-refractivity contribution in [3.05, 3.63) is 106 Å². The van der Waals surface area contributed by atoms with Crippen LogP contribution in [0.25, 0.3) is 0 Å². The smallest absolute Gasteiger partial charge is 0.163 e. The van der Waals surface area contributed by atoms with Crippen LogP contribution in [-0.4, -0.2) is 40.0 Å². The van der Waals surface area contributed by atoms with Gasteiger partial charge in [-0.3, -0.25) is 9.59 Å².